The Bertz CT molecular complexity index is 1200. The predicted molar refractivity (Wildman–Crippen MR) is 133 cm³/mol. The number of rotatable bonds is 8. The van der Waals surface area contributed by atoms with Gasteiger partial charge in [0.25, 0.3) is 5.91 Å². The first-order valence-electron chi connectivity index (χ1n) is 11.1. The zero-order chi connectivity index (χ0) is 22.5. The largest absolute Gasteiger partial charge is 0.346 e. The van der Waals surface area contributed by atoms with Gasteiger partial charge in [-0.05, 0) is 61.6 Å². The van der Waals surface area contributed by atoms with Crippen LogP contribution in [-0.4, -0.2) is 21.2 Å². The zero-order valence-corrected chi connectivity index (χ0v) is 19.7. The Balaban J connectivity index is 1.52. The number of thioether (sulfide) groups is 1. The lowest BCUT2D eigenvalue weighted by Gasteiger charge is -2.15. The summed E-state index contributed by atoms with van der Waals surface area (Å²) in [5.41, 5.74) is 5.23. The molecule has 4 nitrogen and oxygen atoms in total. The molecule has 0 fully saturated rings. The number of hydrogen-bond donors (Lipinski definition) is 1. The molecule has 0 spiro atoms. The lowest BCUT2D eigenvalue weighted by molar-refractivity contribution is 0.0950. The van der Waals surface area contributed by atoms with E-state index in [2.05, 4.69) is 78.1 Å². The van der Waals surface area contributed by atoms with Crippen LogP contribution in [0.3, 0.4) is 0 Å². The number of fused-ring (bicyclic) bond motifs is 1. The van der Waals surface area contributed by atoms with Crippen molar-refractivity contribution in [2.75, 3.05) is 5.75 Å². The van der Waals surface area contributed by atoms with Crippen molar-refractivity contribution in [3.05, 3.63) is 95.4 Å². The maximum Gasteiger partial charge on any atom is 0.251 e. The van der Waals surface area contributed by atoms with Crippen LogP contribution in [0.4, 0.5) is 0 Å². The second kappa shape index (κ2) is 10.0. The van der Waals surface area contributed by atoms with Gasteiger partial charge in [0, 0.05) is 45.7 Å². The number of carbonyl (C=O) groups is 1. The van der Waals surface area contributed by atoms with Crippen LogP contribution < -0.4 is 5.32 Å². The molecule has 32 heavy (non-hydrogen) atoms. The number of pyridine rings is 1. The molecule has 0 aliphatic heterocycles. The van der Waals surface area contributed by atoms with Crippen LogP contribution in [0.15, 0.2) is 77.8 Å². The summed E-state index contributed by atoms with van der Waals surface area (Å²) in [6, 6.07) is 23.0. The molecule has 1 amide bonds. The van der Waals surface area contributed by atoms with Crippen molar-refractivity contribution < 1.29 is 4.79 Å². The summed E-state index contributed by atoms with van der Waals surface area (Å²) in [6.45, 7) is 6.94. The predicted octanol–water partition coefficient (Wildman–Crippen LogP) is 6.25. The third-order valence-corrected chi connectivity index (χ3v) is 6.33. The summed E-state index contributed by atoms with van der Waals surface area (Å²) in [5.74, 6) is 0.939. The van der Waals surface area contributed by atoms with E-state index < -0.39 is 0 Å². The minimum atomic E-state index is -0.0809. The highest BCUT2D eigenvalue weighted by Gasteiger charge is 2.14. The van der Waals surface area contributed by atoms with Crippen molar-refractivity contribution in [1.82, 2.24) is 14.9 Å². The maximum absolute atomic E-state index is 12.8. The summed E-state index contributed by atoms with van der Waals surface area (Å²) in [4.78, 5) is 18.4. The smallest absolute Gasteiger partial charge is 0.251 e. The van der Waals surface area contributed by atoms with Crippen LogP contribution in [0, 0.1) is 0 Å². The topological polar surface area (TPSA) is 46.9 Å². The van der Waals surface area contributed by atoms with Crippen LogP contribution >= 0.6 is 11.8 Å². The first-order chi connectivity index (χ1) is 15.5. The van der Waals surface area contributed by atoms with Gasteiger partial charge < -0.3 is 9.88 Å². The Morgan fingerprint density at radius 2 is 1.88 bits per heavy atom. The fourth-order valence-corrected chi connectivity index (χ4v) is 4.65. The molecule has 0 radical (unpaired) electrons. The molecule has 4 aromatic rings. The number of aromatic nitrogens is 2. The second-order valence-electron chi connectivity index (χ2n) is 8.14. The van der Waals surface area contributed by atoms with E-state index in [0.29, 0.717) is 18.2 Å². The van der Waals surface area contributed by atoms with Gasteiger partial charge in [-0.1, -0.05) is 37.3 Å². The van der Waals surface area contributed by atoms with Gasteiger partial charge in [-0.15, -0.1) is 11.8 Å². The standard InChI is InChI=1S/C27H29N3OS/c1-4-32-25-12-11-23(28-18-25)17-29-27(31)21-10-13-26-22(15-21)16-24(30(26)19(2)3)14-20-8-6-5-7-9-20/h5-13,15-16,18-19H,4,14,17H2,1-3H3,(H,29,31). The Hall–Kier alpha value is -3.05. The highest BCUT2D eigenvalue weighted by atomic mass is 32.2. The average molecular weight is 444 g/mol. The average Bonchev–Trinajstić information content (AvgIpc) is 3.16. The number of amides is 1. The highest BCUT2D eigenvalue weighted by molar-refractivity contribution is 7.99. The van der Waals surface area contributed by atoms with Gasteiger partial charge in [0.2, 0.25) is 0 Å². The monoisotopic (exact) mass is 443 g/mol. The Morgan fingerprint density at radius 1 is 1.06 bits per heavy atom. The number of benzene rings is 2. The second-order valence-corrected chi connectivity index (χ2v) is 9.47. The minimum absolute atomic E-state index is 0.0809. The summed E-state index contributed by atoms with van der Waals surface area (Å²) >= 11 is 1.76. The summed E-state index contributed by atoms with van der Waals surface area (Å²) < 4.78 is 2.36. The van der Waals surface area contributed by atoms with Crippen LogP contribution in [-0.2, 0) is 13.0 Å². The van der Waals surface area contributed by atoms with Crippen molar-refractivity contribution in [2.45, 2.75) is 44.7 Å². The molecule has 1 N–H and O–H groups in total. The number of carbonyl (C=O) groups excluding carboxylic acids is 1. The molecule has 2 aromatic heterocycles. The van der Waals surface area contributed by atoms with Crippen molar-refractivity contribution in [1.29, 1.82) is 0 Å². The number of hydrogen-bond acceptors (Lipinski definition) is 3. The van der Waals surface area contributed by atoms with Crippen molar-refractivity contribution in [3.8, 4) is 0 Å². The summed E-state index contributed by atoms with van der Waals surface area (Å²) in [6.07, 6.45) is 2.73. The van der Waals surface area contributed by atoms with Gasteiger partial charge >= 0.3 is 0 Å². The molecule has 4 rings (SSSR count). The molecule has 2 aromatic carbocycles. The Kier molecular flexibility index (Phi) is 6.96. The van der Waals surface area contributed by atoms with Crippen molar-refractivity contribution in [3.63, 3.8) is 0 Å². The quantitative estimate of drug-likeness (QED) is 0.327. The van der Waals surface area contributed by atoms with E-state index >= 15 is 0 Å². The molecule has 0 atom stereocenters. The highest BCUT2D eigenvalue weighted by Crippen LogP contribution is 2.27. The Labute approximate surface area is 194 Å². The normalized spacial score (nSPS) is 11.2. The van der Waals surface area contributed by atoms with Crippen molar-refractivity contribution in [2.24, 2.45) is 0 Å². The van der Waals surface area contributed by atoms with E-state index in [4.69, 9.17) is 0 Å². The molecule has 0 aliphatic rings. The lowest BCUT2D eigenvalue weighted by atomic mass is 10.1. The summed E-state index contributed by atoms with van der Waals surface area (Å²) in [7, 11) is 0. The maximum atomic E-state index is 12.8. The van der Waals surface area contributed by atoms with Gasteiger partial charge in [0.15, 0.2) is 0 Å². The first-order valence-corrected chi connectivity index (χ1v) is 12.1. The van der Waals surface area contributed by atoms with Gasteiger partial charge in [-0.3, -0.25) is 9.78 Å². The van der Waals surface area contributed by atoms with Crippen LogP contribution in [0.25, 0.3) is 10.9 Å². The van der Waals surface area contributed by atoms with E-state index in [1.165, 1.54) is 11.3 Å². The van der Waals surface area contributed by atoms with Gasteiger partial charge in [0.05, 0.1) is 12.2 Å². The number of nitrogens with one attached hydrogen (secondary N) is 1. The molecule has 0 saturated heterocycles. The third kappa shape index (κ3) is 5.05. The fourth-order valence-electron chi connectivity index (χ4n) is 4.03. The van der Waals surface area contributed by atoms with Crippen LogP contribution in [0.2, 0.25) is 0 Å². The molecule has 5 heteroatoms. The third-order valence-electron chi connectivity index (χ3n) is 5.46. The van der Waals surface area contributed by atoms with E-state index in [1.54, 1.807) is 11.8 Å². The molecule has 0 aliphatic carbocycles. The van der Waals surface area contributed by atoms with Crippen LogP contribution in [0.1, 0.15) is 54.1 Å². The van der Waals surface area contributed by atoms with E-state index in [-0.39, 0.29) is 5.91 Å². The molecule has 0 unspecified atom stereocenters. The van der Waals surface area contributed by atoms with E-state index in [1.807, 2.05) is 30.5 Å². The fraction of sp³-hybridized carbons (Fsp3) is 0.259. The van der Waals surface area contributed by atoms with E-state index in [9.17, 15) is 4.79 Å². The van der Waals surface area contributed by atoms with Gasteiger partial charge in [0.1, 0.15) is 0 Å². The lowest BCUT2D eigenvalue weighted by Crippen LogP contribution is -2.23. The van der Waals surface area contributed by atoms with E-state index in [0.717, 1.165) is 33.7 Å². The van der Waals surface area contributed by atoms with Crippen molar-refractivity contribution >= 4 is 28.6 Å². The van der Waals surface area contributed by atoms with Crippen LogP contribution in [0.5, 0.6) is 0 Å². The molecule has 2 heterocycles. The number of nitrogens with zero attached hydrogens (tertiary/aromatic N) is 2. The molecule has 0 saturated carbocycles. The molecule has 164 valence electrons. The zero-order valence-electron chi connectivity index (χ0n) is 18.8. The Morgan fingerprint density at radius 3 is 2.56 bits per heavy atom. The van der Waals surface area contributed by atoms with Gasteiger partial charge in [-0.2, -0.15) is 0 Å². The molecule has 0 bridgehead atoms. The molecular formula is C27H29N3OS. The van der Waals surface area contributed by atoms with Gasteiger partial charge in [-0.25, -0.2) is 0 Å². The minimum Gasteiger partial charge on any atom is -0.346 e. The molecular weight excluding hydrogens is 414 g/mol. The SMILES string of the molecule is CCSc1ccc(CNC(=O)c2ccc3c(c2)cc(Cc2ccccc2)n3C(C)C)nc1. The first kappa shape index (κ1) is 22.2. The summed E-state index contributed by atoms with van der Waals surface area (Å²) in [5, 5.41) is 4.09.